The molecule has 1 aliphatic rings. The lowest BCUT2D eigenvalue weighted by Gasteiger charge is -2.26. The highest BCUT2D eigenvalue weighted by Gasteiger charge is 2.28. The molecule has 5 heteroatoms. The standard InChI is InChI=1S/C19H25N3O2/c1-19(2,3)11-16(13-7-6-10-20-12-13)21-18(23)17-14-8-4-5-9-15(14)22-24-17/h6-7,10,12,16H,4-5,8-9,11H2,1-3H3,(H,21,23)/t16-/m0/s1. The Morgan fingerprint density at radius 1 is 1.33 bits per heavy atom. The molecule has 5 nitrogen and oxygen atoms in total. The van der Waals surface area contributed by atoms with E-state index in [9.17, 15) is 4.79 Å². The minimum atomic E-state index is -0.177. The molecule has 3 rings (SSSR count). The molecule has 0 radical (unpaired) electrons. The number of pyridine rings is 1. The molecule has 2 aromatic heterocycles. The zero-order chi connectivity index (χ0) is 17.2. The summed E-state index contributed by atoms with van der Waals surface area (Å²) in [5, 5.41) is 7.21. The molecule has 2 heterocycles. The van der Waals surface area contributed by atoms with Crippen LogP contribution in [0.15, 0.2) is 29.0 Å². The van der Waals surface area contributed by atoms with Gasteiger partial charge in [0, 0.05) is 18.0 Å². The summed E-state index contributed by atoms with van der Waals surface area (Å²) in [7, 11) is 0. The van der Waals surface area contributed by atoms with Crippen LogP contribution in [0, 0.1) is 5.41 Å². The first-order valence-electron chi connectivity index (χ1n) is 8.62. The molecule has 0 bridgehead atoms. The molecule has 1 atom stereocenters. The van der Waals surface area contributed by atoms with E-state index in [0.717, 1.165) is 48.9 Å². The molecule has 2 aromatic rings. The van der Waals surface area contributed by atoms with Gasteiger partial charge in [0.25, 0.3) is 5.91 Å². The average Bonchev–Trinajstić information content (AvgIpc) is 2.98. The summed E-state index contributed by atoms with van der Waals surface area (Å²) in [5.41, 5.74) is 3.02. The van der Waals surface area contributed by atoms with Crippen LogP contribution in [-0.4, -0.2) is 16.0 Å². The van der Waals surface area contributed by atoms with Gasteiger partial charge in [0.05, 0.1) is 11.7 Å². The molecule has 1 N–H and O–H groups in total. The smallest absolute Gasteiger partial charge is 0.290 e. The molecule has 24 heavy (non-hydrogen) atoms. The molecule has 0 saturated carbocycles. The van der Waals surface area contributed by atoms with Crippen molar-refractivity contribution in [2.45, 2.75) is 58.9 Å². The minimum absolute atomic E-state index is 0.0780. The second-order valence-corrected chi connectivity index (χ2v) is 7.72. The number of amides is 1. The van der Waals surface area contributed by atoms with Gasteiger partial charge in [-0.2, -0.15) is 0 Å². The van der Waals surface area contributed by atoms with Gasteiger partial charge in [-0.1, -0.05) is 32.0 Å². The van der Waals surface area contributed by atoms with Crippen LogP contribution in [-0.2, 0) is 12.8 Å². The highest BCUT2D eigenvalue weighted by Crippen LogP contribution is 2.30. The minimum Gasteiger partial charge on any atom is -0.350 e. The van der Waals surface area contributed by atoms with E-state index in [2.05, 4.69) is 36.2 Å². The lowest BCUT2D eigenvalue weighted by Crippen LogP contribution is -2.31. The zero-order valence-corrected chi connectivity index (χ0v) is 14.6. The van der Waals surface area contributed by atoms with Gasteiger partial charge < -0.3 is 9.84 Å². The van der Waals surface area contributed by atoms with Crippen LogP contribution in [0.1, 0.15) is 73.5 Å². The monoisotopic (exact) mass is 327 g/mol. The summed E-state index contributed by atoms with van der Waals surface area (Å²) in [6.45, 7) is 6.50. The van der Waals surface area contributed by atoms with Gasteiger partial charge >= 0.3 is 0 Å². The third-order valence-corrected chi connectivity index (χ3v) is 4.37. The van der Waals surface area contributed by atoms with Crippen molar-refractivity contribution in [2.24, 2.45) is 5.41 Å². The maximum Gasteiger partial charge on any atom is 0.290 e. The fraction of sp³-hybridized carbons (Fsp3) is 0.526. The van der Waals surface area contributed by atoms with Gasteiger partial charge in [0.2, 0.25) is 5.76 Å². The van der Waals surface area contributed by atoms with Crippen LogP contribution >= 0.6 is 0 Å². The van der Waals surface area contributed by atoms with Crippen molar-refractivity contribution >= 4 is 5.91 Å². The molecular weight excluding hydrogens is 302 g/mol. The van der Waals surface area contributed by atoms with Gasteiger partial charge in [-0.3, -0.25) is 9.78 Å². The topological polar surface area (TPSA) is 68.0 Å². The SMILES string of the molecule is CC(C)(C)C[C@H](NC(=O)c1onc2c1CCCC2)c1cccnc1. The normalized spacial score (nSPS) is 15.6. The summed E-state index contributed by atoms with van der Waals surface area (Å²) in [5.74, 6) is 0.205. The second kappa shape index (κ2) is 6.75. The first kappa shape index (κ1) is 16.7. The highest BCUT2D eigenvalue weighted by atomic mass is 16.5. The van der Waals surface area contributed by atoms with Gasteiger partial charge in [-0.05, 0) is 49.1 Å². The summed E-state index contributed by atoms with van der Waals surface area (Å²) in [6, 6.07) is 3.79. The first-order chi connectivity index (χ1) is 11.4. The molecule has 0 aliphatic heterocycles. The quantitative estimate of drug-likeness (QED) is 0.926. The molecule has 0 spiro atoms. The van der Waals surface area contributed by atoms with Gasteiger partial charge in [0.1, 0.15) is 0 Å². The lowest BCUT2D eigenvalue weighted by molar-refractivity contribution is 0.0887. The fourth-order valence-electron chi connectivity index (χ4n) is 3.24. The van der Waals surface area contributed by atoms with E-state index in [1.165, 1.54) is 0 Å². The molecular formula is C19H25N3O2. The summed E-state index contributed by atoms with van der Waals surface area (Å²) < 4.78 is 5.37. The van der Waals surface area contributed by atoms with Crippen molar-refractivity contribution in [3.63, 3.8) is 0 Å². The van der Waals surface area contributed by atoms with Crippen LogP contribution in [0.25, 0.3) is 0 Å². The summed E-state index contributed by atoms with van der Waals surface area (Å²) in [6.07, 6.45) is 8.35. The number of hydrogen-bond donors (Lipinski definition) is 1. The fourth-order valence-corrected chi connectivity index (χ4v) is 3.24. The van der Waals surface area contributed by atoms with E-state index in [1.807, 2.05) is 18.3 Å². The van der Waals surface area contributed by atoms with Gasteiger partial charge in [-0.25, -0.2) is 0 Å². The molecule has 0 unspecified atom stereocenters. The Hall–Kier alpha value is -2.17. The number of fused-ring (bicyclic) bond motifs is 1. The van der Waals surface area contributed by atoms with Crippen molar-refractivity contribution < 1.29 is 9.32 Å². The van der Waals surface area contributed by atoms with E-state index >= 15 is 0 Å². The van der Waals surface area contributed by atoms with E-state index in [-0.39, 0.29) is 17.4 Å². The molecule has 1 amide bonds. The van der Waals surface area contributed by atoms with E-state index in [1.54, 1.807) is 6.20 Å². The Labute approximate surface area is 142 Å². The van der Waals surface area contributed by atoms with Crippen molar-refractivity contribution in [3.05, 3.63) is 47.1 Å². The molecule has 0 fully saturated rings. The van der Waals surface area contributed by atoms with Gasteiger partial charge in [0.15, 0.2) is 0 Å². The third kappa shape index (κ3) is 3.83. The average molecular weight is 327 g/mol. The number of rotatable bonds is 4. The Bertz CT molecular complexity index is 701. The third-order valence-electron chi connectivity index (χ3n) is 4.37. The number of carbonyl (C=O) groups is 1. The van der Waals surface area contributed by atoms with Crippen molar-refractivity contribution in [2.75, 3.05) is 0 Å². The first-order valence-corrected chi connectivity index (χ1v) is 8.62. The van der Waals surface area contributed by atoms with Crippen LogP contribution in [0.3, 0.4) is 0 Å². The molecule has 0 saturated heterocycles. The molecule has 1 aliphatic carbocycles. The number of nitrogens with one attached hydrogen (secondary N) is 1. The van der Waals surface area contributed by atoms with Crippen molar-refractivity contribution in [1.29, 1.82) is 0 Å². The Kier molecular flexibility index (Phi) is 4.69. The van der Waals surface area contributed by atoms with Crippen molar-refractivity contribution in [3.8, 4) is 0 Å². The number of carbonyl (C=O) groups excluding carboxylic acids is 1. The Balaban J connectivity index is 1.82. The van der Waals surface area contributed by atoms with Crippen LogP contribution in [0.2, 0.25) is 0 Å². The predicted molar refractivity (Wildman–Crippen MR) is 91.7 cm³/mol. The lowest BCUT2D eigenvalue weighted by atomic mass is 9.85. The van der Waals surface area contributed by atoms with Crippen LogP contribution < -0.4 is 5.32 Å². The Morgan fingerprint density at radius 3 is 2.83 bits per heavy atom. The second-order valence-electron chi connectivity index (χ2n) is 7.72. The number of hydrogen-bond acceptors (Lipinski definition) is 4. The number of nitrogens with zero attached hydrogens (tertiary/aromatic N) is 2. The number of aryl methyl sites for hydroxylation is 1. The van der Waals surface area contributed by atoms with E-state index in [0.29, 0.717) is 5.76 Å². The largest absolute Gasteiger partial charge is 0.350 e. The Morgan fingerprint density at radius 2 is 2.12 bits per heavy atom. The number of aromatic nitrogens is 2. The maximum atomic E-state index is 12.8. The maximum absolute atomic E-state index is 12.8. The highest BCUT2D eigenvalue weighted by molar-refractivity contribution is 5.93. The zero-order valence-electron chi connectivity index (χ0n) is 14.6. The molecule has 0 aromatic carbocycles. The summed E-state index contributed by atoms with van der Waals surface area (Å²) in [4.78, 5) is 17.0. The predicted octanol–water partition coefficient (Wildman–Crippen LogP) is 3.86. The van der Waals surface area contributed by atoms with E-state index < -0.39 is 0 Å². The van der Waals surface area contributed by atoms with Crippen molar-refractivity contribution in [1.82, 2.24) is 15.5 Å². The van der Waals surface area contributed by atoms with Crippen LogP contribution in [0.5, 0.6) is 0 Å². The summed E-state index contributed by atoms with van der Waals surface area (Å²) >= 11 is 0. The molecule has 128 valence electrons. The van der Waals surface area contributed by atoms with Crippen LogP contribution in [0.4, 0.5) is 0 Å². The van der Waals surface area contributed by atoms with Gasteiger partial charge in [-0.15, -0.1) is 0 Å². The van der Waals surface area contributed by atoms with E-state index in [4.69, 9.17) is 4.52 Å².